The van der Waals surface area contributed by atoms with Crippen LogP contribution in [0.1, 0.15) is 50.2 Å². The Bertz CT molecular complexity index is 1200. The Morgan fingerprint density at radius 3 is 2.41 bits per heavy atom. The van der Waals surface area contributed by atoms with Crippen molar-refractivity contribution in [1.29, 1.82) is 0 Å². The van der Waals surface area contributed by atoms with Crippen LogP contribution in [-0.2, 0) is 22.3 Å². The van der Waals surface area contributed by atoms with Gasteiger partial charge in [0, 0.05) is 18.2 Å². The highest BCUT2D eigenvalue weighted by Gasteiger charge is 2.56. The first-order valence-corrected chi connectivity index (χ1v) is 12.2. The van der Waals surface area contributed by atoms with E-state index in [1.165, 1.54) is 12.1 Å². The Hall–Kier alpha value is -2.88. The number of halogens is 6. The molecule has 2 N–H and O–H groups in total. The van der Waals surface area contributed by atoms with Gasteiger partial charge in [-0.15, -0.1) is 0 Å². The van der Waals surface area contributed by atoms with Gasteiger partial charge < -0.3 is 15.4 Å². The van der Waals surface area contributed by atoms with Crippen LogP contribution in [0.5, 0.6) is 5.75 Å². The molecule has 200 valence electrons. The Labute approximate surface area is 215 Å². The van der Waals surface area contributed by atoms with Crippen LogP contribution >= 0.6 is 11.6 Å². The van der Waals surface area contributed by atoms with Gasteiger partial charge in [-0.3, -0.25) is 9.59 Å². The van der Waals surface area contributed by atoms with E-state index in [1.807, 2.05) is 6.92 Å². The summed E-state index contributed by atoms with van der Waals surface area (Å²) >= 11 is 5.65. The van der Waals surface area contributed by atoms with E-state index < -0.39 is 34.3 Å². The Morgan fingerprint density at radius 2 is 1.78 bits per heavy atom. The second kappa shape index (κ2) is 10.1. The average Bonchev–Trinajstić information content (AvgIpc) is 2.83. The SMILES string of the molecule is CC1CC2(NC(=O)COc3ccc(Cl)c(F)c3)CCC1(C(=O)NCc1cc(F)cc(C(F)(F)F)c1)CC2. The molecule has 2 amide bonds. The number of alkyl halides is 3. The van der Waals surface area contributed by atoms with E-state index in [2.05, 4.69) is 10.6 Å². The molecule has 1 unspecified atom stereocenters. The predicted molar refractivity (Wildman–Crippen MR) is 126 cm³/mol. The summed E-state index contributed by atoms with van der Waals surface area (Å²) in [6.45, 7) is 1.38. The van der Waals surface area contributed by atoms with Crippen LogP contribution in [0.25, 0.3) is 0 Å². The molecule has 3 aliphatic carbocycles. The fourth-order valence-electron chi connectivity index (χ4n) is 5.60. The summed E-state index contributed by atoms with van der Waals surface area (Å²) < 4.78 is 71.6. The van der Waals surface area contributed by atoms with Crippen molar-refractivity contribution in [2.24, 2.45) is 11.3 Å². The maximum Gasteiger partial charge on any atom is 0.416 e. The molecule has 37 heavy (non-hydrogen) atoms. The van der Waals surface area contributed by atoms with Gasteiger partial charge in [0.25, 0.3) is 5.91 Å². The topological polar surface area (TPSA) is 67.4 Å². The van der Waals surface area contributed by atoms with E-state index in [1.54, 1.807) is 0 Å². The third-order valence-corrected chi connectivity index (χ3v) is 7.90. The van der Waals surface area contributed by atoms with Crippen molar-refractivity contribution in [3.05, 3.63) is 64.2 Å². The number of ether oxygens (including phenoxy) is 1. The zero-order valence-electron chi connectivity index (χ0n) is 20.0. The van der Waals surface area contributed by atoms with Gasteiger partial charge in [0.2, 0.25) is 5.91 Å². The van der Waals surface area contributed by atoms with Crippen LogP contribution in [-0.4, -0.2) is 24.0 Å². The van der Waals surface area contributed by atoms with Gasteiger partial charge in [-0.25, -0.2) is 8.78 Å². The summed E-state index contributed by atoms with van der Waals surface area (Å²) in [7, 11) is 0. The van der Waals surface area contributed by atoms with E-state index >= 15 is 0 Å². The fraction of sp³-hybridized carbons (Fsp3) is 0.462. The summed E-state index contributed by atoms with van der Waals surface area (Å²) in [6.07, 6.45) is -2.08. The lowest BCUT2D eigenvalue weighted by atomic mass is 9.52. The third kappa shape index (κ3) is 5.84. The van der Waals surface area contributed by atoms with Crippen LogP contribution in [0.2, 0.25) is 5.02 Å². The molecule has 2 bridgehead atoms. The number of carbonyl (C=O) groups excluding carboxylic acids is 2. The molecule has 0 aromatic heterocycles. The van der Waals surface area contributed by atoms with Crippen molar-refractivity contribution in [2.75, 3.05) is 6.61 Å². The molecule has 2 aromatic rings. The summed E-state index contributed by atoms with van der Waals surface area (Å²) in [5.41, 5.74) is -2.30. The van der Waals surface area contributed by atoms with E-state index in [-0.39, 0.29) is 47.2 Å². The molecule has 3 aliphatic rings. The van der Waals surface area contributed by atoms with Gasteiger partial charge in [-0.05, 0) is 73.9 Å². The highest BCUT2D eigenvalue weighted by Crippen LogP contribution is 2.55. The fourth-order valence-corrected chi connectivity index (χ4v) is 5.72. The molecule has 2 aromatic carbocycles. The lowest BCUT2D eigenvalue weighted by Crippen LogP contribution is -2.63. The lowest BCUT2D eigenvalue weighted by Gasteiger charge is -2.56. The van der Waals surface area contributed by atoms with Gasteiger partial charge in [-0.2, -0.15) is 13.2 Å². The third-order valence-electron chi connectivity index (χ3n) is 7.60. The average molecular weight is 545 g/mol. The van der Waals surface area contributed by atoms with Gasteiger partial charge in [0.15, 0.2) is 6.61 Å². The lowest BCUT2D eigenvalue weighted by molar-refractivity contribution is -0.146. The largest absolute Gasteiger partial charge is 0.484 e. The van der Waals surface area contributed by atoms with E-state index in [9.17, 15) is 31.5 Å². The van der Waals surface area contributed by atoms with Crippen LogP contribution in [0.3, 0.4) is 0 Å². The summed E-state index contributed by atoms with van der Waals surface area (Å²) in [5.74, 6) is -2.27. The molecule has 0 saturated heterocycles. The van der Waals surface area contributed by atoms with E-state index in [4.69, 9.17) is 16.3 Å². The standard InChI is InChI=1S/C26H26ClF5N2O3/c1-15-12-24(34-22(35)14-37-19-2-3-20(27)21(29)11-19)4-6-25(15,7-5-24)23(36)33-13-16-8-17(26(30,31)32)10-18(28)9-16/h2-3,8-11,15H,4-7,12-14H2,1H3,(H,33,36)(H,34,35). The molecular weight excluding hydrogens is 519 g/mol. The molecular formula is C26H26ClF5N2O3. The van der Waals surface area contributed by atoms with Crippen LogP contribution < -0.4 is 15.4 Å². The molecule has 0 radical (unpaired) electrons. The number of amides is 2. The van der Waals surface area contributed by atoms with Crippen LogP contribution in [0.4, 0.5) is 22.0 Å². The number of hydrogen-bond acceptors (Lipinski definition) is 3. The van der Waals surface area contributed by atoms with Gasteiger partial charge in [0.05, 0.1) is 16.0 Å². The van der Waals surface area contributed by atoms with Gasteiger partial charge in [0.1, 0.15) is 17.4 Å². The molecule has 0 heterocycles. The number of fused-ring (bicyclic) bond motifs is 3. The van der Waals surface area contributed by atoms with Crippen molar-refractivity contribution in [3.8, 4) is 5.75 Å². The molecule has 3 fully saturated rings. The number of benzene rings is 2. The Kier molecular flexibility index (Phi) is 7.43. The number of rotatable bonds is 7. The summed E-state index contributed by atoms with van der Waals surface area (Å²) in [6, 6.07) is 6.10. The molecule has 1 atom stereocenters. The predicted octanol–water partition coefficient (Wildman–Crippen LogP) is 5.79. The highest BCUT2D eigenvalue weighted by atomic mass is 35.5. The minimum atomic E-state index is -4.69. The van der Waals surface area contributed by atoms with Crippen molar-refractivity contribution < 1.29 is 36.3 Å². The molecule has 0 spiro atoms. The van der Waals surface area contributed by atoms with Gasteiger partial charge >= 0.3 is 6.18 Å². The first-order chi connectivity index (χ1) is 17.3. The number of hydrogen-bond donors (Lipinski definition) is 2. The highest BCUT2D eigenvalue weighted by molar-refractivity contribution is 6.30. The second-order valence-corrected chi connectivity index (χ2v) is 10.4. The first-order valence-electron chi connectivity index (χ1n) is 11.9. The quantitative estimate of drug-likeness (QED) is 0.434. The molecule has 3 saturated carbocycles. The molecule has 0 aliphatic heterocycles. The van der Waals surface area contributed by atoms with Crippen LogP contribution in [0.15, 0.2) is 36.4 Å². The number of carbonyl (C=O) groups is 2. The summed E-state index contributed by atoms with van der Waals surface area (Å²) in [4.78, 5) is 25.8. The van der Waals surface area contributed by atoms with E-state index in [0.29, 0.717) is 38.2 Å². The molecule has 5 rings (SSSR count). The minimum Gasteiger partial charge on any atom is -0.484 e. The normalized spacial score (nSPS) is 25.0. The maximum atomic E-state index is 13.7. The number of nitrogens with one attached hydrogen (secondary N) is 2. The Morgan fingerprint density at radius 1 is 1.08 bits per heavy atom. The van der Waals surface area contributed by atoms with Gasteiger partial charge in [-0.1, -0.05) is 18.5 Å². The monoisotopic (exact) mass is 544 g/mol. The van der Waals surface area contributed by atoms with Crippen molar-refractivity contribution in [3.63, 3.8) is 0 Å². The van der Waals surface area contributed by atoms with E-state index in [0.717, 1.165) is 18.2 Å². The summed E-state index contributed by atoms with van der Waals surface area (Å²) in [5, 5.41) is 5.67. The zero-order valence-corrected chi connectivity index (χ0v) is 20.7. The minimum absolute atomic E-state index is 0.0264. The maximum absolute atomic E-state index is 13.7. The molecule has 11 heteroatoms. The van der Waals surface area contributed by atoms with Crippen LogP contribution in [0, 0.1) is 23.0 Å². The second-order valence-electron chi connectivity index (χ2n) is 9.98. The van der Waals surface area contributed by atoms with Crippen molar-refractivity contribution in [2.45, 2.75) is 57.3 Å². The van der Waals surface area contributed by atoms with Crippen molar-refractivity contribution in [1.82, 2.24) is 10.6 Å². The molecule has 5 nitrogen and oxygen atoms in total. The first kappa shape index (κ1) is 27.2. The smallest absolute Gasteiger partial charge is 0.416 e. The zero-order chi connectivity index (χ0) is 27.0. The Balaban J connectivity index is 1.34. The van der Waals surface area contributed by atoms with Crippen molar-refractivity contribution >= 4 is 23.4 Å².